The Balaban J connectivity index is 0.000000296. The molecule has 3 atom stereocenters. The van der Waals surface area contributed by atoms with Gasteiger partial charge in [0.15, 0.2) is 28.7 Å². The maximum atomic E-state index is 14.5. The van der Waals surface area contributed by atoms with Crippen molar-refractivity contribution in [3.05, 3.63) is 100 Å². The van der Waals surface area contributed by atoms with E-state index in [9.17, 15) is 52.1 Å². The van der Waals surface area contributed by atoms with Gasteiger partial charge in [-0.05, 0) is 112 Å². The van der Waals surface area contributed by atoms with Crippen LogP contribution >= 0.6 is 0 Å². The summed E-state index contributed by atoms with van der Waals surface area (Å²) in [7, 11) is 0. The molecule has 3 aromatic carbocycles. The Labute approximate surface area is 394 Å². The highest BCUT2D eigenvalue weighted by atomic mass is 19.2. The molecule has 0 saturated heterocycles. The Kier molecular flexibility index (Phi) is 22.8. The summed E-state index contributed by atoms with van der Waals surface area (Å²) in [5.41, 5.74) is -0.215. The van der Waals surface area contributed by atoms with Crippen LogP contribution < -0.4 is 16.0 Å². The zero-order valence-electron chi connectivity index (χ0n) is 39.5. The van der Waals surface area contributed by atoms with E-state index >= 15 is 0 Å². The SMILES string of the molecule is CCCCCCCCCc1ccc(CCNC2CCC(C(=O)O)(C(=O)O)C2)c(F)c1F.CCCCCCCCCc1ccc(CNC2CCC(C(=O)O)(C(=O)Nc3ccc(F)c(F)c3)C2)cc1. The van der Waals surface area contributed by atoms with Crippen molar-refractivity contribution >= 4 is 29.5 Å². The van der Waals surface area contributed by atoms with Crippen molar-refractivity contribution in [3.63, 3.8) is 0 Å². The topological polar surface area (TPSA) is 165 Å². The molecule has 0 heterocycles. The molecule has 370 valence electrons. The van der Waals surface area contributed by atoms with Crippen LogP contribution in [0.25, 0.3) is 0 Å². The molecule has 3 aromatic rings. The molecule has 0 radical (unpaired) electrons. The van der Waals surface area contributed by atoms with Gasteiger partial charge in [-0.25, -0.2) is 17.6 Å². The minimum atomic E-state index is -1.76. The standard InChI is InChI=1S/C29H38F2N2O3.C24H35F2NO4/c1-2-3-4-5-6-7-8-9-21-10-12-22(13-11-21)20-32-24-16-17-29(19-24,28(35)36)27(34)33-23-14-15-25(30)26(31)18-23;1-2-3-4-5-6-7-8-9-17-10-11-18(21(26)20(17)25)13-15-27-19-12-14-24(16-19,22(28)29)23(30)31/h10-15,18,24,32H,2-9,16-17,19-20H2,1H3,(H,33,34)(H,35,36);10-11,19,27H,2-9,12-16H2,1H3,(H,28,29)(H,30,31). The molecule has 67 heavy (non-hydrogen) atoms. The number of aliphatic carboxylic acids is 3. The van der Waals surface area contributed by atoms with E-state index in [4.69, 9.17) is 0 Å². The summed E-state index contributed by atoms with van der Waals surface area (Å²) in [4.78, 5) is 47.7. The second-order valence-electron chi connectivity index (χ2n) is 18.7. The lowest BCUT2D eigenvalue weighted by molar-refractivity contribution is -0.164. The summed E-state index contributed by atoms with van der Waals surface area (Å²) in [6, 6.07) is 14.3. The molecule has 6 N–H and O–H groups in total. The molecule has 3 unspecified atom stereocenters. The molecule has 2 fully saturated rings. The summed E-state index contributed by atoms with van der Waals surface area (Å²) < 4.78 is 55.5. The van der Waals surface area contributed by atoms with Crippen LogP contribution in [0.2, 0.25) is 0 Å². The third-order valence-corrected chi connectivity index (χ3v) is 13.7. The Morgan fingerprint density at radius 1 is 0.552 bits per heavy atom. The van der Waals surface area contributed by atoms with Crippen LogP contribution in [0.4, 0.5) is 23.2 Å². The normalized spacial score (nSPS) is 18.6. The predicted molar refractivity (Wildman–Crippen MR) is 253 cm³/mol. The van der Waals surface area contributed by atoms with Crippen molar-refractivity contribution in [1.29, 1.82) is 0 Å². The van der Waals surface area contributed by atoms with E-state index in [1.54, 1.807) is 12.1 Å². The zero-order chi connectivity index (χ0) is 48.8. The molecular weight excluding hydrogens is 867 g/mol. The Morgan fingerprint density at radius 2 is 1.03 bits per heavy atom. The number of carboxylic acids is 3. The summed E-state index contributed by atoms with van der Waals surface area (Å²) in [6.07, 6.45) is 20.1. The van der Waals surface area contributed by atoms with Crippen LogP contribution in [0.1, 0.15) is 165 Å². The third kappa shape index (κ3) is 16.4. The number of hydrogen-bond acceptors (Lipinski definition) is 6. The number of carboxylic acid groups (broad SMARTS) is 3. The molecule has 1 amide bonds. The summed E-state index contributed by atoms with van der Waals surface area (Å²) in [5.74, 6) is -8.29. The van der Waals surface area contributed by atoms with Crippen LogP contribution in [0.5, 0.6) is 0 Å². The van der Waals surface area contributed by atoms with Crippen molar-refractivity contribution < 1.29 is 52.1 Å². The first kappa shape index (κ1) is 54.8. The van der Waals surface area contributed by atoms with Crippen LogP contribution in [-0.2, 0) is 45.0 Å². The highest BCUT2D eigenvalue weighted by Gasteiger charge is 2.52. The Hall–Kier alpha value is -4.82. The smallest absolute Gasteiger partial charge is 0.321 e. The molecule has 5 rings (SSSR count). The number of rotatable bonds is 28. The van der Waals surface area contributed by atoms with Crippen molar-refractivity contribution in [1.82, 2.24) is 10.6 Å². The lowest BCUT2D eigenvalue weighted by Gasteiger charge is -2.23. The van der Waals surface area contributed by atoms with E-state index in [1.165, 1.54) is 82.3 Å². The number of halogens is 4. The molecular formula is C53H73F4N3O7. The Bertz CT molecular complexity index is 2040. The van der Waals surface area contributed by atoms with Gasteiger partial charge in [0, 0.05) is 30.4 Å². The average Bonchev–Trinajstić information content (AvgIpc) is 3.96. The highest BCUT2D eigenvalue weighted by molar-refractivity contribution is 6.08. The molecule has 0 bridgehead atoms. The van der Waals surface area contributed by atoms with E-state index < -0.39 is 57.9 Å². The van der Waals surface area contributed by atoms with Crippen LogP contribution in [0.15, 0.2) is 54.6 Å². The van der Waals surface area contributed by atoms with Gasteiger partial charge >= 0.3 is 17.9 Å². The first-order valence-electron chi connectivity index (χ1n) is 24.6. The third-order valence-electron chi connectivity index (χ3n) is 13.7. The fraction of sp³-hybridized carbons (Fsp3) is 0.585. The van der Waals surface area contributed by atoms with Gasteiger partial charge in [0.1, 0.15) is 5.41 Å². The number of nitrogens with one attached hydrogen (secondary N) is 3. The fourth-order valence-electron chi connectivity index (χ4n) is 9.31. The maximum absolute atomic E-state index is 14.5. The molecule has 2 aliphatic rings. The van der Waals surface area contributed by atoms with E-state index in [-0.39, 0.29) is 55.4 Å². The van der Waals surface area contributed by atoms with E-state index in [2.05, 4.69) is 54.1 Å². The lowest BCUT2D eigenvalue weighted by atomic mass is 9.84. The van der Waals surface area contributed by atoms with Crippen LogP contribution in [0, 0.1) is 34.1 Å². The minimum absolute atomic E-state index is 0.00804. The average molecular weight is 940 g/mol. The van der Waals surface area contributed by atoms with Crippen molar-refractivity contribution in [2.75, 3.05) is 11.9 Å². The summed E-state index contributed by atoms with van der Waals surface area (Å²) in [6.45, 7) is 5.32. The number of benzene rings is 3. The second kappa shape index (κ2) is 27.9. The second-order valence-corrected chi connectivity index (χ2v) is 18.7. The predicted octanol–water partition coefficient (Wildman–Crippen LogP) is 11.7. The van der Waals surface area contributed by atoms with Gasteiger partial charge in [0.2, 0.25) is 5.91 Å². The van der Waals surface area contributed by atoms with E-state index in [1.807, 2.05) is 0 Å². The fourth-order valence-corrected chi connectivity index (χ4v) is 9.31. The van der Waals surface area contributed by atoms with E-state index in [0.717, 1.165) is 43.4 Å². The molecule has 0 spiro atoms. The first-order valence-corrected chi connectivity index (χ1v) is 24.6. The first-order chi connectivity index (χ1) is 32.1. The van der Waals surface area contributed by atoms with Gasteiger partial charge in [0.25, 0.3) is 0 Å². The number of aryl methyl sites for hydroxylation is 2. The number of carbonyl (C=O) groups excluding carboxylic acids is 1. The molecule has 14 heteroatoms. The molecule has 2 aliphatic carbocycles. The highest BCUT2D eigenvalue weighted by Crippen LogP contribution is 2.41. The van der Waals surface area contributed by atoms with Crippen LogP contribution in [-0.4, -0.2) is 57.8 Å². The minimum Gasteiger partial charge on any atom is -0.480 e. The van der Waals surface area contributed by atoms with Gasteiger partial charge in [0.05, 0.1) is 0 Å². The number of hydrogen-bond donors (Lipinski definition) is 6. The van der Waals surface area contributed by atoms with Crippen molar-refractivity contribution in [2.45, 2.75) is 180 Å². The monoisotopic (exact) mass is 940 g/mol. The van der Waals surface area contributed by atoms with Gasteiger partial charge in [-0.3, -0.25) is 19.2 Å². The maximum Gasteiger partial charge on any atom is 0.321 e. The van der Waals surface area contributed by atoms with Gasteiger partial charge in [-0.2, -0.15) is 0 Å². The number of carbonyl (C=O) groups is 4. The van der Waals surface area contributed by atoms with Crippen molar-refractivity contribution in [2.24, 2.45) is 10.8 Å². The number of amides is 1. The van der Waals surface area contributed by atoms with Gasteiger partial charge < -0.3 is 31.3 Å². The lowest BCUT2D eigenvalue weighted by Crippen LogP contribution is -2.42. The molecule has 0 aromatic heterocycles. The Morgan fingerprint density at radius 3 is 1.57 bits per heavy atom. The summed E-state index contributed by atoms with van der Waals surface area (Å²) in [5, 5.41) is 37.4. The summed E-state index contributed by atoms with van der Waals surface area (Å²) >= 11 is 0. The largest absolute Gasteiger partial charge is 0.480 e. The van der Waals surface area contributed by atoms with Crippen LogP contribution in [0.3, 0.4) is 0 Å². The van der Waals surface area contributed by atoms with Gasteiger partial charge in [-0.1, -0.05) is 127 Å². The van der Waals surface area contributed by atoms with Crippen molar-refractivity contribution in [3.8, 4) is 0 Å². The molecule has 2 saturated carbocycles. The molecule has 0 aliphatic heterocycles. The zero-order valence-corrected chi connectivity index (χ0v) is 39.5. The number of anilines is 1. The number of unbranched alkanes of at least 4 members (excludes halogenated alkanes) is 12. The molecule has 10 nitrogen and oxygen atoms in total. The van der Waals surface area contributed by atoms with E-state index in [0.29, 0.717) is 37.9 Å². The quantitative estimate of drug-likeness (QED) is 0.0236. The van der Waals surface area contributed by atoms with Gasteiger partial charge in [-0.15, -0.1) is 0 Å².